The lowest BCUT2D eigenvalue weighted by molar-refractivity contribution is -0.814. The van der Waals surface area contributed by atoms with Gasteiger partial charge in [-0.15, -0.1) is 0 Å². The number of rotatable bonds is 57. The summed E-state index contributed by atoms with van der Waals surface area (Å²) in [7, 11) is 5.38. The predicted octanol–water partition coefficient (Wildman–Crippen LogP) is 6.33. The Morgan fingerprint density at radius 2 is 1.06 bits per heavy atom. The maximum absolute atomic E-state index is 12.9. The highest BCUT2D eigenvalue weighted by Gasteiger charge is 2.30. The first-order chi connectivity index (χ1) is 34.4. The van der Waals surface area contributed by atoms with Crippen molar-refractivity contribution in [3.05, 3.63) is 0 Å². The molecular weight excluding hydrogens is 931 g/mol. The number of likely N-dealkylation sites (N-methyl/N-ethyl adjacent to an activating group) is 1. The van der Waals surface area contributed by atoms with Crippen LogP contribution < -0.4 is 22.1 Å². The minimum Gasteiger partial charge on any atom is -0.382 e. The molecule has 0 heterocycles. The summed E-state index contributed by atoms with van der Waals surface area (Å²) in [5.74, 6) is 2.42. The summed E-state index contributed by atoms with van der Waals surface area (Å²) in [6.45, 7) is 12.1. The lowest BCUT2D eigenvalue weighted by Crippen LogP contribution is -2.51. The number of ether oxygens (including phenoxy) is 8. The van der Waals surface area contributed by atoms with Gasteiger partial charge in [-0.2, -0.15) is 11.8 Å². The molecule has 3 atom stereocenters. The third kappa shape index (κ3) is 44.6. The molecule has 0 spiro atoms. The number of thioether (sulfide) groups is 1. The van der Waals surface area contributed by atoms with E-state index in [1.807, 2.05) is 27.9 Å². The third-order valence-electron chi connectivity index (χ3n) is 12.7. The molecule has 0 rings (SSSR count). The van der Waals surface area contributed by atoms with Gasteiger partial charge in [-0.05, 0) is 69.8 Å². The van der Waals surface area contributed by atoms with Gasteiger partial charge in [0, 0.05) is 33.2 Å². The highest BCUT2D eigenvalue weighted by atomic mass is 32.2. The van der Waals surface area contributed by atoms with Crippen LogP contribution in [0.3, 0.4) is 0 Å². The molecule has 0 aromatic rings. The molecule has 0 saturated heterocycles. The van der Waals surface area contributed by atoms with E-state index in [0.29, 0.717) is 118 Å². The molecule has 7 N–H and O–H groups in total. The van der Waals surface area contributed by atoms with Gasteiger partial charge in [0.25, 0.3) is 0 Å². The summed E-state index contributed by atoms with van der Waals surface area (Å²) in [6.07, 6.45) is 23.1. The van der Waals surface area contributed by atoms with Crippen LogP contribution >= 0.6 is 11.8 Å². The van der Waals surface area contributed by atoms with Crippen molar-refractivity contribution in [3.63, 3.8) is 0 Å². The molecule has 0 saturated carbocycles. The maximum Gasteiger partial charge on any atom is 0.339 e. The summed E-state index contributed by atoms with van der Waals surface area (Å²) in [5, 5.41) is 16.4. The quantitative estimate of drug-likeness (QED) is 0.0255. The zero-order chi connectivity index (χ0) is 52.4. The first-order valence-electron chi connectivity index (χ1n) is 27.6. The van der Waals surface area contributed by atoms with Gasteiger partial charge in [-0.1, -0.05) is 90.4 Å². The number of nitrogens with zero attached hydrogens (tertiary/aromatic N) is 1. The van der Waals surface area contributed by atoms with Gasteiger partial charge >= 0.3 is 5.91 Å². The van der Waals surface area contributed by atoms with Crippen molar-refractivity contribution in [1.29, 1.82) is 0 Å². The average Bonchev–Trinajstić information content (AvgIpc) is 3.35. The van der Waals surface area contributed by atoms with Crippen LogP contribution in [-0.2, 0) is 52.3 Å². The highest BCUT2D eigenvalue weighted by Crippen LogP contribution is 2.16. The zero-order valence-corrected chi connectivity index (χ0v) is 46.6. The number of methoxy groups -OCH3 is 1. The van der Waals surface area contributed by atoms with E-state index >= 15 is 0 Å². The number of nitrogens with two attached hydrogens (primary N) is 2. The number of ketones is 1. The Labute approximate surface area is 436 Å². The Morgan fingerprint density at radius 3 is 1.59 bits per heavy atom. The normalized spacial score (nSPS) is 13.6. The lowest BCUT2D eigenvalue weighted by atomic mass is 9.93. The number of aliphatic hydroxyl groups excluding tert-OH is 1. The molecule has 0 fully saturated rings. The summed E-state index contributed by atoms with van der Waals surface area (Å²) in [6, 6.07) is -0.517. The van der Waals surface area contributed by atoms with Crippen LogP contribution in [0.2, 0.25) is 0 Å². The van der Waals surface area contributed by atoms with E-state index in [1.54, 1.807) is 7.11 Å². The van der Waals surface area contributed by atoms with Gasteiger partial charge in [0.15, 0.2) is 12.4 Å². The Balaban J connectivity index is 3.74. The van der Waals surface area contributed by atoms with Crippen LogP contribution in [-0.4, -0.2) is 196 Å². The van der Waals surface area contributed by atoms with E-state index in [1.165, 1.54) is 95.0 Å². The summed E-state index contributed by atoms with van der Waals surface area (Å²) < 4.78 is 43.6. The first kappa shape index (κ1) is 69.6. The van der Waals surface area contributed by atoms with Crippen molar-refractivity contribution < 1.29 is 61.9 Å². The maximum atomic E-state index is 12.9. The van der Waals surface area contributed by atoms with Gasteiger partial charge < -0.3 is 65.1 Å². The van der Waals surface area contributed by atoms with Gasteiger partial charge in [0.05, 0.1) is 112 Å². The number of carbonyl (C=O) groups is 3. The summed E-state index contributed by atoms with van der Waals surface area (Å²) in [5.41, 5.74) is 10.5. The van der Waals surface area contributed by atoms with E-state index in [9.17, 15) is 19.5 Å². The molecule has 0 aliphatic rings. The molecule has 2 amide bonds. The van der Waals surface area contributed by atoms with E-state index in [2.05, 4.69) is 22.4 Å². The van der Waals surface area contributed by atoms with Crippen LogP contribution in [0, 0.1) is 0 Å². The van der Waals surface area contributed by atoms with Crippen LogP contribution in [0.5, 0.6) is 0 Å². The second kappa shape index (κ2) is 50.8. The monoisotopic (exact) mass is 1040 g/mol. The first-order valence-corrected chi connectivity index (χ1v) is 28.8. The molecule has 3 unspecified atom stereocenters. The number of hydrogen-bond acceptors (Lipinski definition) is 16. The Kier molecular flexibility index (Phi) is 49.8. The Morgan fingerprint density at radius 1 is 0.592 bits per heavy atom. The van der Waals surface area contributed by atoms with Crippen molar-refractivity contribution >= 4 is 29.4 Å². The third-order valence-corrected chi connectivity index (χ3v) is 13.8. The molecule has 0 aliphatic carbocycles. The number of nitrogens with one attached hydrogen (secondary N) is 2. The average molecular weight is 1040 g/mol. The number of amides is 2. The number of quaternary nitrogens is 1. The second-order valence-electron chi connectivity index (χ2n) is 19.3. The fourth-order valence-electron chi connectivity index (χ4n) is 7.59. The molecule has 0 aromatic heterocycles. The van der Waals surface area contributed by atoms with Crippen molar-refractivity contribution in [2.45, 2.75) is 173 Å². The molecule has 18 heteroatoms. The Hall–Kier alpha value is -1.36. The Bertz CT molecular complexity index is 1210. The molecule has 0 aliphatic heterocycles. The van der Waals surface area contributed by atoms with E-state index < -0.39 is 17.8 Å². The van der Waals surface area contributed by atoms with E-state index in [-0.39, 0.29) is 41.9 Å². The minimum absolute atomic E-state index is 0.00626. The molecule has 0 bridgehead atoms. The van der Waals surface area contributed by atoms with Gasteiger partial charge in [-0.25, -0.2) is 4.79 Å². The molecular formula is C53H108N5O12S+. The highest BCUT2D eigenvalue weighted by molar-refractivity contribution is 7.99. The van der Waals surface area contributed by atoms with Crippen molar-refractivity contribution in [3.8, 4) is 0 Å². The fourth-order valence-corrected chi connectivity index (χ4v) is 8.61. The second-order valence-corrected chi connectivity index (χ2v) is 20.5. The van der Waals surface area contributed by atoms with E-state index in [4.69, 9.17) is 49.4 Å². The number of Topliss-reactive ketones (excluding diaryl/α,β-unsaturated/α-hetero) is 1. The molecule has 17 nitrogen and oxygen atoms in total. The fraction of sp³-hybridized carbons (Fsp3) is 0.943. The van der Waals surface area contributed by atoms with Crippen LogP contribution in [0.25, 0.3) is 0 Å². The predicted molar refractivity (Wildman–Crippen MR) is 287 cm³/mol. The number of unbranched alkanes of at least 4 members (excludes halogenated alkanes) is 16. The van der Waals surface area contributed by atoms with Crippen molar-refractivity contribution in [1.82, 2.24) is 10.6 Å². The summed E-state index contributed by atoms with van der Waals surface area (Å²) in [4.78, 5) is 38.2. The van der Waals surface area contributed by atoms with Gasteiger partial charge in [0.2, 0.25) is 5.91 Å². The van der Waals surface area contributed by atoms with Crippen molar-refractivity contribution in [2.75, 3.05) is 151 Å². The number of aliphatic hydroxyl groups is 1. The topological polar surface area (TPSA) is 221 Å². The number of hydrogen-bond donors (Lipinski definition) is 5. The largest absolute Gasteiger partial charge is 0.382 e. The van der Waals surface area contributed by atoms with Gasteiger partial charge in [-0.3, -0.25) is 14.1 Å². The van der Waals surface area contributed by atoms with E-state index in [0.717, 1.165) is 38.7 Å². The minimum atomic E-state index is -1.14. The molecule has 422 valence electrons. The standard InChI is InChI=1S/C53H107N5O12S/c1-6-53(2,49(59)46-69-42-40-65-32-28-54)56-29-33-66-41-43-70-47-51(61)58(3,4)30-22-21-26-48(52(55)62)57-50(60)27-20-16-12-8-11-15-19-25-45-71-44-24-18-14-10-7-9-13-17-23-31-64-36-37-68-39-38-67-35-34-63-5/h48,52,56,62H,6-47,54-55H2,1-5H3/p+1. The lowest BCUT2D eigenvalue weighted by Gasteiger charge is -2.28. The molecule has 0 aromatic carbocycles. The van der Waals surface area contributed by atoms with Crippen LogP contribution in [0.15, 0.2) is 0 Å². The van der Waals surface area contributed by atoms with Gasteiger partial charge in [0.1, 0.15) is 12.8 Å². The smallest absolute Gasteiger partial charge is 0.339 e. The van der Waals surface area contributed by atoms with Crippen LogP contribution in [0.4, 0.5) is 0 Å². The zero-order valence-electron chi connectivity index (χ0n) is 45.8. The SMILES string of the molecule is CCC(C)(NCCOCCOCC(=O)[N+](C)(C)CCCCC(NC(=O)CCCCCCCCCCSCCCCCCCCCCCOCCOCCOCCOC)C(N)O)C(=O)COCCOCCN. The van der Waals surface area contributed by atoms with Crippen LogP contribution in [0.1, 0.15) is 155 Å². The number of carbonyl (C=O) groups excluding carboxylic acids is 3. The summed E-state index contributed by atoms with van der Waals surface area (Å²) >= 11 is 2.12. The van der Waals surface area contributed by atoms with Crippen molar-refractivity contribution in [2.24, 2.45) is 11.5 Å². The molecule has 0 radical (unpaired) electrons. The molecule has 71 heavy (non-hydrogen) atoms.